The highest BCUT2D eigenvalue weighted by atomic mass is 35.5. The van der Waals surface area contributed by atoms with E-state index in [0.29, 0.717) is 22.1 Å². The number of benzene rings is 3. The van der Waals surface area contributed by atoms with Gasteiger partial charge in [0.05, 0.1) is 18.5 Å². The van der Waals surface area contributed by atoms with Gasteiger partial charge < -0.3 is 10.1 Å². The molecule has 0 unspecified atom stereocenters. The molecule has 0 radical (unpaired) electrons. The third kappa shape index (κ3) is 6.23. The van der Waals surface area contributed by atoms with Gasteiger partial charge in [0, 0.05) is 10.7 Å². The summed E-state index contributed by atoms with van der Waals surface area (Å²) in [7, 11) is -3.47. The second-order valence-corrected chi connectivity index (χ2v) is 8.94. The number of ether oxygens (including phenoxy) is 1. The minimum atomic E-state index is -3.47. The zero-order valence-corrected chi connectivity index (χ0v) is 17.9. The van der Waals surface area contributed by atoms with E-state index in [9.17, 15) is 13.2 Å². The quantitative estimate of drug-likeness (QED) is 0.561. The van der Waals surface area contributed by atoms with Crippen molar-refractivity contribution in [1.82, 2.24) is 0 Å². The van der Waals surface area contributed by atoms with Crippen molar-refractivity contribution < 1.29 is 17.9 Å². The highest BCUT2D eigenvalue weighted by Crippen LogP contribution is 2.24. The predicted octanol–water partition coefficient (Wildman–Crippen LogP) is 4.32. The first-order valence-electron chi connectivity index (χ1n) is 9.11. The van der Waals surface area contributed by atoms with Crippen molar-refractivity contribution in [1.29, 1.82) is 0 Å². The third-order valence-electron chi connectivity index (χ3n) is 4.19. The average molecular weight is 445 g/mol. The molecule has 0 saturated heterocycles. The fraction of sp³-hybridized carbons (Fsp3) is 0.136. The molecule has 3 aromatic carbocycles. The van der Waals surface area contributed by atoms with Gasteiger partial charge in [-0.3, -0.25) is 9.10 Å². The van der Waals surface area contributed by atoms with E-state index in [0.717, 1.165) is 5.56 Å². The zero-order valence-electron chi connectivity index (χ0n) is 16.3. The summed E-state index contributed by atoms with van der Waals surface area (Å²) in [4.78, 5) is 12.0. The maximum absolute atomic E-state index is 12.3. The first-order chi connectivity index (χ1) is 14.3. The maximum atomic E-state index is 12.3. The van der Waals surface area contributed by atoms with Crippen LogP contribution < -0.4 is 14.4 Å². The second-order valence-electron chi connectivity index (χ2n) is 6.59. The summed E-state index contributed by atoms with van der Waals surface area (Å²) in [5, 5.41) is 3.29. The van der Waals surface area contributed by atoms with Gasteiger partial charge in [0.15, 0.2) is 6.61 Å². The molecule has 0 aromatic heterocycles. The fourth-order valence-corrected chi connectivity index (χ4v) is 3.75. The van der Waals surface area contributed by atoms with Gasteiger partial charge in [-0.15, -0.1) is 0 Å². The lowest BCUT2D eigenvalue weighted by Gasteiger charge is -2.22. The molecule has 0 aliphatic heterocycles. The van der Waals surface area contributed by atoms with Crippen molar-refractivity contribution >= 4 is 38.9 Å². The monoisotopic (exact) mass is 444 g/mol. The lowest BCUT2D eigenvalue weighted by Crippen LogP contribution is -2.29. The third-order valence-corrected chi connectivity index (χ3v) is 5.58. The average Bonchev–Trinajstić information content (AvgIpc) is 2.73. The Bertz CT molecular complexity index is 1090. The van der Waals surface area contributed by atoms with Crippen LogP contribution in [0.25, 0.3) is 0 Å². The Balaban J connectivity index is 1.62. The molecule has 0 saturated carbocycles. The Morgan fingerprint density at radius 3 is 2.20 bits per heavy atom. The molecular weight excluding hydrogens is 424 g/mol. The van der Waals surface area contributed by atoms with Gasteiger partial charge in [0.2, 0.25) is 10.0 Å². The summed E-state index contributed by atoms with van der Waals surface area (Å²) >= 11 is 5.82. The van der Waals surface area contributed by atoms with Crippen molar-refractivity contribution in [2.45, 2.75) is 6.54 Å². The molecule has 3 aromatic rings. The molecule has 0 aliphatic rings. The highest BCUT2D eigenvalue weighted by Gasteiger charge is 2.18. The molecule has 0 heterocycles. The minimum Gasteiger partial charge on any atom is -0.484 e. The van der Waals surface area contributed by atoms with E-state index in [-0.39, 0.29) is 19.1 Å². The Kier molecular flexibility index (Phi) is 6.97. The molecule has 1 amide bonds. The fourth-order valence-electron chi connectivity index (χ4n) is 2.74. The first-order valence-corrected chi connectivity index (χ1v) is 11.3. The minimum absolute atomic E-state index is 0.179. The number of hydrogen-bond acceptors (Lipinski definition) is 4. The van der Waals surface area contributed by atoms with E-state index < -0.39 is 10.0 Å². The normalized spacial score (nSPS) is 11.0. The van der Waals surface area contributed by atoms with Crippen LogP contribution in [0.1, 0.15) is 5.56 Å². The van der Waals surface area contributed by atoms with Crippen molar-refractivity contribution in [3.05, 3.63) is 89.4 Å². The summed E-state index contributed by atoms with van der Waals surface area (Å²) in [6, 6.07) is 22.7. The van der Waals surface area contributed by atoms with Crippen molar-refractivity contribution in [3.8, 4) is 5.75 Å². The largest absolute Gasteiger partial charge is 0.484 e. The van der Waals surface area contributed by atoms with Crippen LogP contribution in [0.5, 0.6) is 5.75 Å². The lowest BCUT2D eigenvalue weighted by atomic mass is 10.2. The number of rotatable bonds is 8. The van der Waals surface area contributed by atoms with E-state index in [1.807, 2.05) is 30.3 Å². The highest BCUT2D eigenvalue weighted by molar-refractivity contribution is 7.92. The van der Waals surface area contributed by atoms with E-state index in [1.165, 1.54) is 10.6 Å². The molecule has 0 bridgehead atoms. The van der Waals surface area contributed by atoms with Gasteiger partial charge in [-0.1, -0.05) is 41.9 Å². The molecule has 0 aliphatic carbocycles. The Morgan fingerprint density at radius 1 is 0.967 bits per heavy atom. The van der Waals surface area contributed by atoms with Gasteiger partial charge in [0.1, 0.15) is 5.75 Å². The van der Waals surface area contributed by atoms with Crippen LogP contribution in [-0.4, -0.2) is 27.2 Å². The molecule has 0 fully saturated rings. The number of halogens is 1. The molecule has 1 N–H and O–H groups in total. The Labute approximate surface area is 181 Å². The topological polar surface area (TPSA) is 75.7 Å². The van der Waals surface area contributed by atoms with E-state index in [2.05, 4.69) is 5.32 Å². The van der Waals surface area contributed by atoms with Crippen LogP contribution in [0.3, 0.4) is 0 Å². The van der Waals surface area contributed by atoms with E-state index in [4.69, 9.17) is 16.3 Å². The SMILES string of the molecule is CS(=O)(=O)N(Cc1ccccc1)c1ccc(OCC(=O)Nc2ccc(Cl)cc2)cc1. The van der Waals surface area contributed by atoms with Gasteiger partial charge >= 0.3 is 0 Å². The summed E-state index contributed by atoms with van der Waals surface area (Å²) < 4.78 is 31.3. The summed E-state index contributed by atoms with van der Waals surface area (Å²) in [6.45, 7) is 0.0468. The molecule has 30 heavy (non-hydrogen) atoms. The Morgan fingerprint density at radius 2 is 1.60 bits per heavy atom. The number of sulfonamides is 1. The molecule has 0 spiro atoms. The van der Waals surface area contributed by atoms with Crippen molar-refractivity contribution in [3.63, 3.8) is 0 Å². The van der Waals surface area contributed by atoms with Gasteiger partial charge in [-0.05, 0) is 54.1 Å². The van der Waals surface area contributed by atoms with Crippen LogP contribution in [0.4, 0.5) is 11.4 Å². The molecule has 3 rings (SSSR count). The van der Waals surface area contributed by atoms with Crippen LogP contribution in [0.15, 0.2) is 78.9 Å². The number of carbonyl (C=O) groups excluding carboxylic acids is 1. The van der Waals surface area contributed by atoms with Crippen LogP contribution in [0, 0.1) is 0 Å². The zero-order chi connectivity index (χ0) is 21.6. The van der Waals surface area contributed by atoms with Crippen LogP contribution >= 0.6 is 11.6 Å². The summed E-state index contributed by atoms with van der Waals surface area (Å²) in [5.41, 5.74) is 2.01. The molecule has 6 nitrogen and oxygen atoms in total. The summed E-state index contributed by atoms with van der Waals surface area (Å²) in [5.74, 6) is 0.140. The van der Waals surface area contributed by atoms with Gasteiger partial charge in [0.25, 0.3) is 5.91 Å². The van der Waals surface area contributed by atoms with E-state index in [1.54, 1.807) is 48.5 Å². The van der Waals surface area contributed by atoms with Gasteiger partial charge in [-0.25, -0.2) is 8.42 Å². The Hall–Kier alpha value is -3.03. The summed E-state index contributed by atoms with van der Waals surface area (Å²) in [6.07, 6.45) is 1.17. The van der Waals surface area contributed by atoms with E-state index >= 15 is 0 Å². The molecular formula is C22H21ClN2O4S. The first kappa shape index (κ1) is 21.7. The number of anilines is 2. The lowest BCUT2D eigenvalue weighted by molar-refractivity contribution is -0.118. The second kappa shape index (κ2) is 9.65. The number of amides is 1. The number of carbonyl (C=O) groups is 1. The maximum Gasteiger partial charge on any atom is 0.262 e. The van der Waals surface area contributed by atoms with Crippen molar-refractivity contribution in [2.24, 2.45) is 0 Å². The molecule has 8 heteroatoms. The number of nitrogens with one attached hydrogen (secondary N) is 1. The van der Waals surface area contributed by atoms with Crippen LogP contribution in [-0.2, 0) is 21.4 Å². The number of hydrogen-bond donors (Lipinski definition) is 1. The number of nitrogens with zero attached hydrogens (tertiary/aromatic N) is 1. The molecule has 0 atom stereocenters. The van der Waals surface area contributed by atoms with Crippen LogP contribution in [0.2, 0.25) is 5.02 Å². The standard InChI is InChI=1S/C22H21ClN2O4S/c1-30(27,28)25(15-17-5-3-2-4-6-17)20-11-13-21(14-12-20)29-16-22(26)24-19-9-7-18(23)8-10-19/h2-14H,15-16H2,1H3,(H,24,26). The smallest absolute Gasteiger partial charge is 0.262 e. The molecule has 156 valence electrons. The van der Waals surface area contributed by atoms with Crippen molar-refractivity contribution in [2.75, 3.05) is 22.5 Å². The van der Waals surface area contributed by atoms with Gasteiger partial charge in [-0.2, -0.15) is 0 Å². The predicted molar refractivity (Wildman–Crippen MR) is 119 cm³/mol.